The first-order chi connectivity index (χ1) is 8.26. The molecular weight excluding hydrogens is 212 g/mol. The summed E-state index contributed by atoms with van der Waals surface area (Å²) >= 11 is 0. The fourth-order valence-electron chi connectivity index (χ4n) is 2.42. The molecule has 0 saturated carbocycles. The molecule has 17 heavy (non-hydrogen) atoms. The molecule has 4 heteroatoms. The number of rotatable bonds is 2. The number of likely N-dealkylation sites (N-methyl/N-ethyl adjacent to an activating group) is 1. The van der Waals surface area contributed by atoms with Gasteiger partial charge >= 0.3 is 0 Å². The Balaban J connectivity index is 2.17. The number of nitriles is 1. The average molecular weight is 230 g/mol. The van der Waals surface area contributed by atoms with Crippen LogP contribution in [0, 0.1) is 11.3 Å². The second-order valence-corrected chi connectivity index (χ2v) is 4.41. The topological polar surface area (TPSA) is 43.2 Å². The number of piperazine rings is 1. The molecule has 1 aliphatic rings. The Morgan fingerprint density at radius 2 is 2.35 bits per heavy atom. The maximum atomic E-state index is 9.06. The van der Waals surface area contributed by atoms with Crippen LogP contribution in [-0.4, -0.2) is 42.1 Å². The van der Waals surface area contributed by atoms with E-state index in [-0.39, 0.29) is 0 Å². The molecule has 0 bridgehead atoms. The molecule has 2 rings (SSSR count). The van der Waals surface area contributed by atoms with Crippen molar-refractivity contribution in [3.63, 3.8) is 0 Å². The van der Waals surface area contributed by atoms with Gasteiger partial charge in [-0.15, -0.1) is 0 Å². The van der Waals surface area contributed by atoms with Crippen molar-refractivity contribution >= 4 is 5.69 Å². The summed E-state index contributed by atoms with van der Waals surface area (Å²) in [7, 11) is 0. The van der Waals surface area contributed by atoms with Crippen LogP contribution in [0.3, 0.4) is 0 Å². The van der Waals surface area contributed by atoms with Crippen molar-refractivity contribution in [1.82, 2.24) is 9.88 Å². The third-order valence-electron chi connectivity index (χ3n) is 3.40. The van der Waals surface area contributed by atoms with E-state index < -0.39 is 0 Å². The van der Waals surface area contributed by atoms with Crippen LogP contribution in [0.1, 0.15) is 19.5 Å². The fraction of sp³-hybridized carbons (Fsp3) is 0.538. The van der Waals surface area contributed by atoms with E-state index in [1.54, 1.807) is 6.20 Å². The van der Waals surface area contributed by atoms with Crippen LogP contribution in [-0.2, 0) is 0 Å². The normalized spacial score (nSPS) is 21.2. The van der Waals surface area contributed by atoms with Crippen LogP contribution < -0.4 is 4.90 Å². The SMILES string of the molecule is CCN1CCN(c2cccnc2C#N)CC1C. The molecule has 0 spiro atoms. The molecule has 90 valence electrons. The van der Waals surface area contributed by atoms with Gasteiger partial charge in [-0.3, -0.25) is 4.90 Å². The molecule has 4 nitrogen and oxygen atoms in total. The molecule has 2 heterocycles. The van der Waals surface area contributed by atoms with E-state index in [9.17, 15) is 0 Å². The van der Waals surface area contributed by atoms with Gasteiger partial charge in [0.15, 0.2) is 5.69 Å². The smallest absolute Gasteiger partial charge is 0.163 e. The van der Waals surface area contributed by atoms with Crippen molar-refractivity contribution in [2.75, 3.05) is 31.1 Å². The van der Waals surface area contributed by atoms with Crippen LogP contribution in [0.5, 0.6) is 0 Å². The number of hydrogen-bond donors (Lipinski definition) is 0. The molecule has 1 aromatic rings. The van der Waals surface area contributed by atoms with Crippen LogP contribution in [0.4, 0.5) is 5.69 Å². The quantitative estimate of drug-likeness (QED) is 0.772. The Bertz CT molecular complexity index is 424. The highest BCUT2D eigenvalue weighted by atomic mass is 15.3. The van der Waals surface area contributed by atoms with E-state index in [0.717, 1.165) is 31.9 Å². The standard InChI is InChI=1S/C13H18N4/c1-3-16-7-8-17(10-11(16)2)13-5-4-6-15-12(13)9-14/h4-6,11H,3,7-8,10H2,1-2H3. The van der Waals surface area contributed by atoms with Gasteiger partial charge in [0, 0.05) is 31.9 Å². The molecule has 1 aromatic heterocycles. The summed E-state index contributed by atoms with van der Waals surface area (Å²) in [5.41, 5.74) is 1.50. The third-order valence-corrected chi connectivity index (χ3v) is 3.40. The van der Waals surface area contributed by atoms with Crippen LogP contribution in [0.2, 0.25) is 0 Å². The maximum Gasteiger partial charge on any atom is 0.163 e. The number of hydrogen-bond acceptors (Lipinski definition) is 4. The molecule has 1 fully saturated rings. The molecule has 0 N–H and O–H groups in total. The van der Waals surface area contributed by atoms with Crippen molar-refractivity contribution in [1.29, 1.82) is 5.26 Å². The summed E-state index contributed by atoms with van der Waals surface area (Å²) in [4.78, 5) is 8.84. The highest BCUT2D eigenvalue weighted by Gasteiger charge is 2.23. The van der Waals surface area contributed by atoms with E-state index in [1.165, 1.54) is 0 Å². The summed E-state index contributed by atoms with van der Waals surface area (Å²) in [6.45, 7) is 8.51. The molecule has 0 aliphatic carbocycles. The highest BCUT2D eigenvalue weighted by molar-refractivity contribution is 5.56. The molecule has 0 radical (unpaired) electrons. The Morgan fingerprint density at radius 3 is 3.00 bits per heavy atom. The lowest BCUT2D eigenvalue weighted by Crippen LogP contribution is -2.51. The molecular formula is C13H18N4. The number of aromatic nitrogens is 1. The van der Waals surface area contributed by atoms with Gasteiger partial charge < -0.3 is 4.90 Å². The van der Waals surface area contributed by atoms with Gasteiger partial charge in [0.1, 0.15) is 6.07 Å². The first-order valence-corrected chi connectivity index (χ1v) is 6.10. The molecule has 1 aliphatic heterocycles. The summed E-state index contributed by atoms with van der Waals surface area (Å²) in [5.74, 6) is 0. The minimum Gasteiger partial charge on any atom is -0.366 e. The zero-order valence-electron chi connectivity index (χ0n) is 10.4. The minimum absolute atomic E-state index is 0.528. The second kappa shape index (κ2) is 5.15. The summed E-state index contributed by atoms with van der Waals surface area (Å²) in [6.07, 6.45) is 1.67. The Morgan fingerprint density at radius 1 is 1.53 bits per heavy atom. The van der Waals surface area contributed by atoms with Gasteiger partial charge in [-0.2, -0.15) is 5.26 Å². The van der Waals surface area contributed by atoms with E-state index in [4.69, 9.17) is 5.26 Å². The first kappa shape index (κ1) is 11.9. The minimum atomic E-state index is 0.528. The summed E-state index contributed by atoms with van der Waals surface area (Å²) in [5, 5.41) is 9.06. The molecule has 0 aromatic carbocycles. The van der Waals surface area contributed by atoms with E-state index in [1.807, 2.05) is 12.1 Å². The summed E-state index contributed by atoms with van der Waals surface area (Å²) in [6, 6.07) is 6.58. The van der Waals surface area contributed by atoms with Gasteiger partial charge in [-0.1, -0.05) is 6.92 Å². The highest BCUT2D eigenvalue weighted by Crippen LogP contribution is 2.21. The largest absolute Gasteiger partial charge is 0.366 e. The molecule has 0 amide bonds. The van der Waals surface area contributed by atoms with E-state index in [2.05, 4.69) is 34.7 Å². The molecule has 1 saturated heterocycles. The molecule has 1 unspecified atom stereocenters. The maximum absolute atomic E-state index is 9.06. The van der Waals surface area contributed by atoms with Gasteiger partial charge in [-0.05, 0) is 25.6 Å². The van der Waals surface area contributed by atoms with E-state index in [0.29, 0.717) is 11.7 Å². The predicted octanol–water partition coefficient (Wildman–Crippen LogP) is 1.48. The second-order valence-electron chi connectivity index (χ2n) is 4.41. The lowest BCUT2D eigenvalue weighted by atomic mass is 10.1. The lowest BCUT2D eigenvalue weighted by Gasteiger charge is -2.40. The van der Waals surface area contributed by atoms with Crippen molar-refractivity contribution in [3.8, 4) is 6.07 Å². The van der Waals surface area contributed by atoms with Gasteiger partial charge in [0.25, 0.3) is 0 Å². The zero-order valence-corrected chi connectivity index (χ0v) is 10.4. The van der Waals surface area contributed by atoms with Gasteiger partial charge in [-0.25, -0.2) is 4.98 Å². The fourth-order valence-corrected chi connectivity index (χ4v) is 2.42. The zero-order chi connectivity index (χ0) is 12.3. The predicted molar refractivity (Wildman–Crippen MR) is 67.9 cm³/mol. The first-order valence-electron chi connectivity index (χ1n) is 6.10. The molecule has 1 atom stereocenters. The Labute approximate surface area is 102 Å². The average Bonchev–Trinajstić information content (AvgIpc) is 2.38. The lowest BCUT2D eigenvalue weighted by molar-refractivity contribution is 0.199. The summed E-state index contributed by atoms with van der Waals surface area (Å²) < 4.78 is 0. The van der Waals surface area contributed by atoms with Crippen LogP contribution in [0.25, 0.3) is 0 Å². The Hall–Kier alpha value is -1.60. The van der Waals surface area contributed by atoms with Gasteiger partial charge in [0.05, 0.1) is 5.69 Å². The van der Waals surface area contributed by atoms with Crippen LogP contribution in [0.15, 0.2) is 18.3 Å². The Kier molecular flexibility index (Phi) is 3.60. The van der Waals surface area contributed by atoms with Crippen molar-refractivity contribution < 1.29 is 0 Å². The third kappa shape index (κ3) is 2.40. The monoisotopic (exact) mass is 230 g/mol. The van der Waals surface area contributed by atoms with Crippen molar-refractivity contribution in [3.05, 3.63) is 24.0 Å². The number of pyridine rings is 1. The number of anilines is 1. The van der Waals surface area contributed by atoms with Crippen LogP contribution >= 0.6 is 0 Å². The van der Waals surface area contributed by atoms with Crippen molar-refractivity contribution in [2.24, 2.45) is 0 Å². The van der Waals surface area contributed by atoms with Gasteiger partial charge in [0.2, 0.25) is 0 Å². The van der Waals surface area contributed by atoms with Crippen molar-refractivity contribution in [2.45, 2.75) is 19.9 Å². The number of nitrogens with zero attached hydrogens (tertiary/aromatic N) is 4. The van der Waals surface area contributed by atoms with E-state index >= 15 is 0 Å².